The molecular formula is C25H31BrN2O3S. The molecule has 2 amide bonds. The van der Waals surface area contributed by atoms with Gasteiger partial charge in [-0.2, -0.15) is 0 Å². The first-order valence-corrected chi connectivity index (χ1v) is 13.0. The van der Waals surface area contributed by atoms with Crippen molar-refractivity contribution >= 4 is 39.5 Å². The van der Waals surface area contributed by atoms with Crippen molar-refractivity contribution in [1.82, 2.24) is 10.2 Å². The molecule has 0 heterocycles. The van der Waals surface area contributed by atoms with E-state index in [9.17, 15) is 9.59 Å². The Labute approximate surface area is 203 Å². The molecule has 1 atom stereocenters. The second-order valence-corrected chi connectivity index (χ2v) is 10.1. The quantitative estimate of drug-likeness (QED) is 0.471. The lowest BCUT2D eigenvalue weighted by Crippen LogP contribution is -2.50. The number of rotatable bonds is 10. The van der Waals surface area contributed by atoms with Gasteiger partial charge in [-0.3, -0.25) is 9.59 Å². The minimum Gasteiger partial charge on any atom is -0.497 e. The molecule has 0 aromatic heterocycles. The predicted octanol–water partition coefficient (Wildman–Crippen LogP) is 5.17. The van der Waals surface area contributed by atoms with Crippen LogP contribution in [-0.4, -0.2) is 41.7 Å². The van der Waals surface area contributed by atoms with Crippen molar-refractivity contribution in [3.8, 4) is 5.75 Å². The van der Waals surface area contributed by atoms with E-state index in [2.05, 4.69) is 21.2 Å². The molecule has 0 unspecified atom stereocenters. The first-order chi connectivity index (χ1) is 15.5. The zero-order chi connectivity index (χ0) is 22.9. The van der Waals surface area contributed by atoms with Crippen LogP contribution in [0.3, 0.4) is 0 Å². The van der Waals surface area contributed by atoms with Crippen molar-refractivity contribution in [3.63, 3.8) is 0 Å². The number of halogens is 1. The molecule has 0 aliphatic heterocycles. The Balaban J connectivity index is 1.65. The maximum atomic E-state index is 13.2. The summed E-state index contributed by atoms with van der Waals surface area (Å²) < 4.78 is 6.27. The third-order valence-corrected chi connectivity index (χ3v) is 7.31. The van der Waals surface area contributed by atoms with Crippen molar-refractivity contribution in [1.29, 1.82) is 0 Å². The molecule has 0 bridgehead atoms. The number of nitrogens with zero attached hydrogens (tertiary/aromatic N) is 1. The highest BCUT2D eigenvalue weighted by Gasteiger charge is 2.28. The molecule has 1 fully saturated rings. The SMILES string of the molecule is COc1ccc(CN(C(=O)CSCc2ccc(Br)cc2)[C@H](C)C(=O)NC2CCCC2)cc1. The first kappa shape index (κ1) is 24.6. The van der Waals surface area contributed by atoms with Crippen LogP contribution in [0.2, 0.25) is 0 Å². The average molecular weight is 520 g/mol. The van der Waals surface area contributed by atoms with Gasteiger partial charge in [0.15, 0.2) is 0 Å². The number of ether oxygens (including phenoxy) is 1. The third-order valence-electron chi connectivity index (χ3n) is 5.79. The molecule has 1 saturated carbocycles. The first-order valence-electron chi connectivity index (χ1n) is 11.0. The topological polar surface area (TPSA) is 58.6 Å². The third kappa shape index (κ3) is 7.27. The minimum absolute atomic E-state index is 0.0306. The number of methoxy groups -OCH3 is 1. The van der Waals surface area contributed by atoms with E-state index in [0.29, 0.717) is 12.3 Å². The molecule has 5 nitrogen and oxygen atoms in total. The fourth-order valence-electron chi connectivity index (χ4n) is 3.82. The van der Waals surface area contributed by atoms with Gasteiger partial charge in [-0.25, -0.2) is 0 Å². The molecular weight excluding hydrogens is 488 g/mol. The Kier molecular flexibility index (Phi) is 9.48. The number of hydrogen-bond acceptors (Lipinski definition) is 4. The Bertz CT molecular complexity index is 883. The molecule has 2 aromatic carbocycles. The summed E-state index contributed by atoms with van der Waals surface area (Å²) in [5.41, 5.74) is 2.14. The number of carbonyl (C=O) groups is 2. The number of benzene rings is 2. The van der Waals surface area contributed by atoms with Gasteiger partial charge in [0.05, 0.1) is 12.9 Å². The van der Waals surface area contributed by atoms with E-state index in [4.69, 9.17) is 4.74 Å². The van der Waals surface area contributed by atoms with Crippen molar-refractivity contribution in [2.75, 3.05) is 12.9 Å². The summed E-state index contributed by atoms with van der Waals surface area (Å²) in [6.45, 7) is 2.21. The van der Waals surface area contributed by atoms with Gasteiger partial charge in [-0.15, -0.1) is 11.8 Å². The van der Waals surface area contributed by atoms with Crippen molar-refractivity contribution in [3.05, 3.63) is 64.1 Å². The van der Waals surface area contributed by atoms with Crippen LogP contribution in [0.1, 0.15) is 43.7 Å². The van der Waals surface area contributed by atoms with Gasteiger partial charge in [-0.05, 0) is 55.2 Å². The molecule has 7 heteroatoms. The Morgan fingerprint density at radius 1 is 1.09 bits per heavy atom. The number of nitrogens with one attached hydrogen (secondary N) is 1. The smallest absolute Gasteiger partial charge is 0.242 e. The van der Waals surface area contributed by atoms with Crippen LogP contribution in [-0.2, 0) is 21.9 Å². The molecule has 2 aromatic rings. The molecule has 1 N–H and O–H groups in total. The van der Waals surface area contributed by atoms with Crippen molar-refractivity contribution in [2.45, 2.75) is 57.0 Å². The highest BCUT2D eigenvalue weighted by molar-refractivity contribution is 9.10. The summed E-state index contributed by atoms with van der Waals surface area (Å²) in [6.07, 6.45) is 4.35. The average Bonchev–Trinajstić information content (AvgIpc) is 3.31. The van der Waals surface area contributed by atoms with Gasteiger partial charge in [-0.1, -0.05) is 53.0 Å². The lowest BCUT2D eigenvalue weighted by atomic mass is 10.1. The lowest BCUT2D eigenvalue weighted by molar-refractivity contribution is -0.138. The number of hydrogen-bond donors (Lipinski definition) is 1. The maximum absolute atomic E-state index is 13.2. The summed E-state index contributed by atoms with van der Waals surface area (Å²) >= 11 is 5.01. The van der Waals surface area contributed by atoms with Crippen molar-refractivity contribution < 1.29 is 14.3 Å². The molecule has 0 spiro atoms. The van der Waals surface area contributed by atoms with E-state index in [1.165, 1.54) is 5.56 Å². The van der Waals surface area contributed by atoms with Crippen LogP contribution in [0, 0.1) is 0 Å². The second kappa shape index (κ2) is 12.3. The zero-order valence-corrected chi connectivity index (χ0v) is 21.1. The van der Waals surface area contributed by atoms with Gasteiger partial charge in [0.1, 0.15) is 11.8 Å². The molecule has 0 saturated heterocycles. The summed E-state index contributed by atoms with van der Waals surface area (Å²) in [5, 5.41) is 3.14. The van der Waals surface area contributed by atoms with Crippen molar-refractivity contribution in [2.24, 2.45) is 0 Å². The van der Waals surface area contributed by atoms with E-state index < -0.39 is 6.04 Å². The highest BCUT2D eigenvalue weighted by Crippen LogP contribution is 2.21. The Morgan fingerprint density at radius 3 is 2.34 bits per heavy atom. The van der Waals surface area contributed by atoms with Gasteiger partial charge in [0.25, 0.3) is 0 Å². The van der Waals surface area contributed by atoms with Crippen LogP contribution >= 0.6 is 27.7 Å². The summed E-state index contributed by atoms with van der Waals surface area (Å²) in [5.74, 6) is 1.74. The van der Waals surface area contributed by atoms with E-state index in [-0.39, 0.29) is 17.9 Å². The number of amides is 2. The summed E-state index contributed by atoms with van der Waals surface area (Å²) in [6, 6.07) is 15.4. The minimum atomic E-state index is -0.529. The van der Waals surface area contributed by atoms with E-state index >= 15 is 0 Å². The number of carbonyl (C=O) groups excluding carboxylic acids is 2. The van der Waals surface area contributed by atoms with Crippen LogP contribution in [0.15, 0.2) is 53.0 Å². The monoisotopic (exact) mass is 518 g/mol. The van der Waals surface area contributed by atoms with E-state index in [0.717, 1.165) is 47.2 Å². The Hall–Kier alpha value is -1.99. The van der Waals surface area contributed by atoms with Gasteiger partial charge in [0, 0.05) is 22.8 Å². The van der Waals surface area contributed by atoms with Gasteiger partial charge in [0.2, 0.25) is 11.8 Å². The fraction of sp³-hybridized carbons (Fsp3) is 0.440. The van der Waals surface area contributed by atoms with Gasteiger partial charge < -0.3 is 15.0 Å². The van der Waals surface area contributed by atoms with Crippen LogP contribution in [0.4, 0.5) is 0 Å². The van der Waals surface area contributed by atoms with Gasteiger partial charge >= 0.3 is 0 Å². The van der Waals surface area contributed by atoms with E-state index in [1.54, 1.807) is 23.8 Å². The van der Waals surface area contributed by atoms with Crippen LogP contribution < -0.4 is 10.1 Å². The van der Waals surface area contributed by atoms with Crippen LogP contribution in [0.5, 0.6) is 5.75 Å². The largest absolute Gasteiger partial charge is 0.497 e. The summed E-state index contributed by atoms with van der Waals surface area (Å²) in [4.78, 5) is 27.8. The molecule has 1 aliphatic rings. The fourth-order valence-corrected chi connectivity index (χ4v) is 4.96. The highest BCUT2D eigenvalue weighted by atomic mass is 79.9. The van der Waals surface area contributed by atoms with Crippen LogP contribution in [0.25, 0.3) is 0 Å². The normalized spacial score (nSPS) is 14.7. The Morgan fingerprint density at radius 2 is 1.72 bits per heavy atom. The number of thioether (sulfide) groups is 1. The lowest BCUT2D eigenvalue weighted by Gasteiger charge is -2.29. The molecule has 3 rings (SSSR count). The molecule has 1 aliphatic carbocycles. The molecule has 0 radical (unpaired) electrons. The predicted molar refractivity (Wildman–Crippen MR) is 134 cm³/mol. The maximum Gasteiger partial charge on any atom is 0.242 e. The molecule has 32 heavy (non-hydrogen) atoms. The second-order valence-electron chi connectivity index (χ2n) is 8.15. The van der Waals surface area contributed by atoms with E-state index in [1.807, 2.05) is 55.5 Å². The molecule has 172 valence electrons. The zero-order valence-electron chi connectivity index (χ0n) is 18.7. The standard InChI is InChI=1S/C25H31BrN2O3S/c1-18(25(30)27-22-5-3-4-6-22)28(15-19-9-13-23(31-2)14-10-19)24(29)17-32-16-20-7-11-21(26)12-8-20/h7-14,18,22H,3-6,15-17H2,1-2H3,(H,27,30)/t18-/m1/s1. The summed E-state index contributed by atoms with van der Waals surface area (Å²) in [7, 11) is 1.63.